The zero-order chi connectivity index (χ0) is 13.2. The maximum absolute atomic E-state index is 6.12. The highest BCUT2D eigenvalue weighted by atomic mass is 79.9. The van der Waals surface area contributed by atoms with Crippen LogP contribution in [0.1, 0.15) is 46.0 Å². The van der Waals surface area contributed by atoms with E-state index in [4.69, 9.17) is 11.6 Å². The quantitative estimate of drug-likeness (QED) is 0.668. The lowest BCUT2D eigenvalue weighted by atomic mass is 9.85. The molecular formula is C15H21BrClN. The monoisotopic (exact) mass is 329 g/mol. The third-order valence-corrected chi connectivity index (χ3v) is 5.10. The van der Waals surface area contributed by atoms with Crippen LogP contribution < -0.4 is 5.32 Å². The Kier molecular flexibility index (Phi) is 4.60. The maximum atomic E-state index is 6.12. The van der Waals surface area contributed by atoms with Crippen molar-refractivity contribution in [2.45, 2.75) is 52.0 Å². The van der Waals surface area contributed by atoms with Crippen LogP contribution in [-0.2, 0) is 0 Å². The molecule has 18 heavy (non-hydrogen) atoms. The summed E-state index contributed by atoms with van der Waals surface area (Å²) in [7, 11) is 0. The van der Waals surface area contributed by atoms with Crippen molar-refractivity contribution in [2.75, 3.05) is 5.32 Å². The Bertz CT molecular complexity index is 417. The average molecular weight is 331 g/mol. The first-order valence-corrected chi connectivity index (χ1v) is 7.85. The molecule has 0 spiro atoms. The first kappa shape index (κ1) is 14.2. The molecule has 1 atom stereocenters. The number of nitrogens with one attached hydrogen (secondary N) is 1. The van der Waals surface area contributed by atoms with E-state index in [1.54, 1.807) is 0 Å². The van der Waals surface area contributed by atoms with Crippen LogP contribution in [0.3, 0.4) is 0 Å². The molecule has 0 amide bonds. The fraction of sp³-hybridized carbons (Fsp3) is 0.600. The van der Waals surface area contributed by atoms with Gasteiger partial charge in [-0.15, -0.1) is 0 Å². The van der Waals surface area contributed by atoms with Crippen LogP contribution in [0.5, 0.6) is 0 Å². The first-order valence-electron chi connectivity index (χ1n) is 6.68. The number of hydrogen-bond acceptors (Lipinski definition) is 1. The third kappa shape index (κ3) is 3.89. The Morgan fingerprint density at radius 3 is 2.78 bits per heavy atom. The van der Waals surface area contributed by atoms with Gasteiger partial charge in [0.25, 0.3) is 0 Å². The summed E-state index contributed by atoms with van der Waals surface area (Å²) in [4.78, 5) is 0. The van der Waals surface area contributed by atoms with Gasteiger partial charge in [0.2, 0.25) is 0 Å². The second kappa shape index (κ2) is 5.83. The van der Waals surface area contributed by atoms with E-state index in [0.29, 0.717) is 11.5 Å². The highest BCUT2D eigenvalue weighted by molar-refractivity contribution is 9.10. The highest BCUT2D eigenvalue weighted by Gasteiger charge is 2.24. The molecule has 1 aromatic rings. The Hall–Kier alpha value is -0.210. The molecule has 1 nitrogen and oxygen atoms in total. The SMILES string of the molecule is CC1(C)CCCC(Nc2ccc(Br)c(Cl)c2)CC1. The standard InChI is InChI=1S/C15H21BrClN/c1-15(2)8-3-4-11(7-9-15)18-12-5-6-13(16)14(17)10-12/h5-6,10-11,18H,3-4,7-9H2,1-2H3. The Morgan fingerprint density at radius 2 is 2.06 bits per heavy atom. The largest absolute Gasteiger partial charge is 0.382 e. The van der Waals surface area contributed by atoms with E-state index in [0.717, 1.165) is 15.2 Å². The van der Waals surface area contributed by atoms with Gasteiger partial charge in [0.1, 0.15) is 0 Å². The van der Waals surface area contributed by atoms with Crippen LogP contribution in [0, 0.1) is 5.41 Å². The molecule has 0 heterocycles. The van der Waals surface area contributed by atoms with Crippen LogP contribution in [0.25, 0.3) is 0 Å². The van der Waals surface area contributed by atoms with Gasteiger partial charge in [-0.3, -0.25) is 0 Å². The van der Waals surface area contributed by atoms with Crippen molar-refractivity contribution in [1.82, 2.24) is 0 Å². The van der Waals surface area contributed by atoms with Crippen molar-refractivity contribution < 1.29 is 0 Å². The summed E-state index contributed by atoms with van der Waals surface area (Å²) in [5.74, 6) is 0. The summed E-state index contributed by atoms with van der Waals surface area (Å²) >= 11 is 9.54. The molecule has 1 aliphatic rings. The van der Waals surface area contributed by atoms with Crippen LogP contribution >= 0.6 is 27.5 Å². The van der Waals surface area contributed by atoms with Gasteiger partial charge in [-0.2, -0.15) is 0 Å². The van der Waals surface area contributed by atoms with E-state index in [1.165, 1.54) is 32.1 Å². The smallest absolute Gasteiger partial charge is 0.0568 e. The van der Waals surface area contributed by atoms with Gasteiger partial charge < -0.3 is 5.32 Å². The van der Waals surface area contributed by atoms with E-state index < -0.39 is 0 Å². The van der Waals surface area contributed by atoms with Crippen molar-refractivity contribution in [3.05, 3.63) is 27.7 Å². The third-order valence-electron chi connectivity index (χ3n) is 3.87. The zero-order valence-corrected chi connectivity index (χ0v) is 13.4. The minimum Gasteiger partial charge on any atom is -0.382 e. The van der Waals surface area contributed by atoms with Crippen molar-refractivity contribution in [3.8, 4) is 0 Å². The van der Waals surface area contributed by atoms with E-state index >= 15 is 0 Å². The lowest BCUT2D eigenvalue weighted by molar-refractivity contribution is 0.313. The molecule has 1 unspecified atom stereocenters. The molecule has 100 valence electrons. The topological polar surface area (TPSA) is 12.0 Å². The van der Waals surface area contributed by atoms with E-state index in [1.807, 2.05) is 12.1 Å². The maximum Gasteiger partial charge on any atom is 0.0568 e. The van der Waals surface area contributed by atoms with E-state index in [2.05, 4.69) is 41.2 Å². The number of halogens is 2. The molecule has 0 aromatic heterocycles. The molecule has 0 aliphatic heterocycles. The Labute approximate surface area is 123 Å². The molecule has 1 fully saturated rings. The van der Waals surface area contributed by atoms with Crippen molar-refractivity contribution in [1.29, 1.82) is 0 Å². The lowest BCUT2D eigenvalue weighted by Crippen LogP contribution is -2.19. The molecule has 2 rings (SSSR count). The van der Waals surface area contributed by atoms with Gasteiger partial charge >= 0.3 is 0 Å². The van der Waals surface area contributed by atoms with Crippen LogP contribution in [0.15, 0.2) is 22.7 Å². The zero-order valence-electron chi connectivity index (χ0n) is 11.1. The predicted molar refractivity (Wildman–Crippen MR) is 83.4 cm³/mol. The summed E-state index contributed by atoms with van der Waals surface area (Å²) in [5.41, 5.74) is 1.64. The summed E-state index contributed by atoms with van der Waals surface area (Å²) < 4.78 is 0.955. The second-order valence-corrected chi connectivity index (χ2v) is 7.33. The van der Waals surface area contributed by atoms with Gasteiger partial charge in [-0.05, 0) is 65.2 Å². The molecule has 1 aliphatic carbocycles. The normalized spacial score (nSPS) is 23.4. The summed E-state index contributed by atoms with van der Waals surface area (Å²) in [6.45, 7) is 4.76. The summed E-state index contributed by atoms with van der Waals surface area (Å²) in [6, 6.07) is 6.68. The van der Waals surface area contributed by atoms with Gasteiger partial charge in [0.05, 0.1) is 5.02 Å². The fourth-order valence-corrected chi connectivity index (χ4v) is 3.05. The molecule has 1 N–H and O–H groups in total. The molecule has 0 radical (unpaired) electrons. The van der Waals surface area contributed by atoms with Gasteiger partial charge in [0.15, 0.2) is 0 Å². The van der Waals surface area contributed by atoms with Crippen molar-refractivity contribution in [2.24, 2.45) is 5.41 Å². The van der Waals surface area contributed by atoms with Crippen LogP contribution in [0.2, 0.25) is 5.02 Å². The van der Waals surface area contributed by atoms with Crippen molar-refractivity contribution in [3.63, 3.8) is 0 Å². The molecular weight excluding hydrogens is 310 g/mol. The molecule has 0 saturated heterocycles. The number of hydrogen-bond donors (Lipinski definition) is 1. The second-order valence-electron chi connectivity index (χ2n) is 6.07. The van der Waals surface area contributed by atoms with E-state index in [9.17, 15) is 0 Å². The summed E-state index contributed by atoms with van der Waals surface area (Å²) in [5, 5.41) is 4.39. The minimum atomic E-state index is 0.508. The predicted octanol–water partition coefficient (Wildman–Crippen LogP) is 5.87. The van der Waals surface area contributed by atoms with Crippen molar-refractivity contribution >= 4 is 33.2 Å². The fourth-order valence-electron chi connectivity index (χ4n) is 2.63. The van der Waals surface area contributed by atoms with Gasteiger partial charge in [-0.25, -0.2) is 0 Å². The molecule has 3 heteroatoms. The number of anilines is 1. The van der Waals surface area contributed by atoms with Crippen LogP contribution in [0.4, 0.5) is 5.69 Å². The molecule has 0 bridgehead atoms. The lowest BCUT2D eigenvalue weighted by Gasteiger charge is -2.22. The van der Waals surface area contributed by atoms with Crippen LogP contribution in [-0.4, -0.2) is 6.04 Å². The molecule has 1 saturated carbocycles. The summed E-state index contributed by atoms with van der Waals surface area (Å²) in [6.07, 6.45) is 6.47. The average Bonchev–Trinajstić information content (AvgIpc) is 2.46. The Morgan fingerprint density at radius 1 is 1.28 bits per heavy atom. The molecule has 1 aromatic carbocycles. The van der Waals surface area contributed by atoms with Gasteiger partial charge in [0, 0.05) is 16.2 Å². The Balaban J connectivity index is 1.98. The number of rotatable bonds is 2. The number of benzene rings is 1. The first-order chi connectivity index (χ1) is 8.46. The minimum absolute atomic E-state index is 0.508. The van der Waals surface area contributed by atoms with E-state index in [-0.39, 0.29) is 0 Å². The van der Waals surface area contributed by atoms with Gasteiger partial charge in [-0.1, -0.05) is 31.9 Å². The highest BCUT2D eigenvalue weighted by Crippen LogP contribution is 2.35.